The number of methoxy groups -OCH3 is 1. The molecule has 4 heteroatoms. The molecule has 2 rings (SSSR count). The number of H-pyrrole nitrogens is 1. The molecule has 68 valence electrons. The third-order valence-corrected chi connectivity index (χ3v) is 2.07. The average Bonchev–Trinajstić information content (AvgIpc) is 2.43. The van der Waals surface area contributed by atoms with E-state index in [1.54, 1.807) is 7.11 Å². The van der Waals surface area contributed by atoms with E-state index < -0.39 is 0 Å². The average molecular weight is 197 g/mol. The number of hydrogen-bond donors (Lipinski definition) is 1. The standard InChI is InChI=1S/C9H9ClN2O/c1-5-3-6-8(7(4-5)13-2)12-9(10)11-6/h3-4H,1-2H3,(H,11,12). The Bertz CT molecular complexity index is 450. The lowest BCUT2D eigenvalue weighted by atomic mass is 10.2. The van der Waals surface area contributed by atoms with Crippen LogP contribution in [0.2, 0.25) is 5.28 Å². The van der Waals surface area contributed by atoms with E-state index in [4.69, 9.17) is 16.3 Å². The predicted octanol–water partition coefficient (Wildman–Crippen LogP) is 2.53. The fraction of sp³-hybridized carbons (Fsp3) is 0.222. The summed E-state index contributed by atoms with van der Waals surface area (Å²) in [5, 5.41) is 0.388. The van der Waals surface area contributed by atoms with Gasteiger partial charge in [0, 0.05) is 0 Å². The maximum atomic E-state index is 5.74. The fourth-order valence-corrected chi connectivity index (χ4v) is 1.54. The number of ether oxygens (including phenoxy) is 1. The Kier molecular flexibility index (Phi) is 1.88. The number of nitrogens with zero attached hydrogens (tertiary/aromatic N) is 1. The smallest absolute Gasteiger partial charge is 0.201 e. The van der Waals surface area contributed by atoms with Crippen LogP contribution in [-0.2, 0) is 0 Å². The van der Waals surface area contributed by atoms with Crippen LogP contribution in [-0.4, -0.2) is 17.1 Å². The van der Waals surface area contributed by atoms with Crippen LogP contribution in [0.15, 0.2) is 12.1 Å². The maximum Gasteiger partial charge on any atom is 0.201 e. The summed E-state index contributed by atoms with van der Waals surface area (Å²) in [6.07, 6.45) is 0. The number of nitrogens with one attached hydrogen (secondary N) is 1. The first-order chi connectivity index (χ1) is 6.20. The van der Waals surface area contributed by atoms with E-state index in [1.165, 1.54) is 0 Å². The van der Waals surface area contributed by atoms with E-state index in [0.29, 0.717) is 5.28 Å². The largest absolute Gasteiger partial charge is 0.494 e. The van der Waals surface area contributed by atoms with Crippen molar-refractivity contribution in [2.45, 2.75) is 6.92 Å². The summed E-state index contributed by atoms with van der Waals surface area (Å²) in [4.78, 5) is 7.06. The van der Waals surface area contributed by atoms with Gasteiger partial charge in [0.2, 0.25) is 5.28 Å². The maximum absolute atomic E-state index is 5.74. The Labute approximate surface area is 80.7 Å². The van der Waals surface area contributed by atoms with E-state index in [1.807, 2.05) is 19.1 Å². The molecule has 1 N–H and O–H groups in total. The molecule has 1 aromatic carbocycles. The molecule has 2 aromatic rings. The molecule has 0 saturated carbocycles. The van der Waals surface area contributed by atoms with Crippen LogP contribution in [0.25, 0.3) is 11.0 Å². The van der Waals surface area contributed by atoms with Crippen LogP contribution in [0.5, 0.6) is 5.75 Å². The summed E-state index contributed by atoms with van der Waals surface area (Å²) >= 11 is 5.74. The minimum Gasteiger partial charge on any atom is -0.494 e. The van der Waals surface area contributed by atoms with Gasteiger partial charge in [-0.15, -0.1) is 0 Å². The van der Waals surface area contributed by atoms with Gasteiger partial charge in [0.25, 0.3) is 0 Å². The number of hydrogen-bond acceptors (Lipinski definition) is 2. The number of rotatable bonds is 1. The molecule has 0 aliphatic carbocycles. The Morgan fingerprint density at radius 2 is 2.23 bits per heavy atom. The highest BCUT2D eigenvalue weighted by molar-refractivity contribution is 6.29. The van der Waals surface area contributed by atoms with Gasteiger partial charge in [-0.3, -0.25) is 0 Å². The summed E-state index contributed by atoms with van der Waals surface area (Å²) in [6, 6.07) is 3.91. The van der Waals surface area contributed by atoms with E-state index in [-0.39, 0.29) is 0 Å². The Morgan fingerprint density at radius 1 is 1.46 bits per heavy atom. The molecule has 13 heavy (non-hydrogen) atoms. The number of aromatic amines is 1. The highest BCUT2D eigenvalue weighted by Gasteiger charge is 2.07. The molecule has 0 spiro atoms. The number of fused-ring (bicyclic) bond motifs is 1. The first-order valence-corrected chi connectivity index (χ1v) is 4.28. The quantitative estimate of drug-likeness (QED) is 0.761. The number of aryl methyl sites for hydroxylation is 1. The zero-order valence-corrected chi connectivity index (χ0v) is 8.14. The van der Waals surface area contributed by atoms with Gasteiger partial charge in [-0.25, -0.2) is 4.98 Å². The fourth-order valence-electron chi connectivity index (χ4n) is 1.35. The van der Waals surface area contributed by atoms with Gasteiger partial charge in [-0.2, -0.15) is 0 Å². The third kappa shape index (κ3) is 1.35. The van der Waals surface area contributed by atoms with Gasteiger partial charge >= 0.3 is 0 Å². The number of aromatic nitrogens is 2. The lowest BCUT2D eigenvalue weighted by Crippen LogP contribution is -1.85. The first kappa shape index (κ1) is 8.38. The van der Waals surface area contributed by atoms with Crippen molar-refractivity contribution >= 4 is 22.6 Å². The van der Waals surface area contributed by atoms with Crippen LogP contribution < -0.4 is 4.74 Å². The van der Waals surface area contributed by atoms with Crippen LogP contribution in [0.1, 0.15) is 5.56 Å². The number of halogens is 1. The lowest BCUT2D eigenvalue weighted by molar-refractivity contribution is 0.418. The number of benzene rings is 1. The molecule has 0 unspecified atom stereocenters. The van der Waals surface area contributed by atoms with E-state index >= 15 is 0 Å². The second-order valence-electron chi connectivity index (χ2n) is 2.89. The van der Waals surface area contributed by atoms with Crippen molar-refractivity contribution in [1.29, 1.82) is 0 Å². The van der Waals surface area contributed by atoms with Gasteiger partial charge in [0.05, 0.1) is 12.6 Å². The van der Waals surface area contributed by atoms with E-state index in [9.17, 15) is 0 Å². The van der Waals surface area contributed by atoms with Crippen LogP contribution in [0.3, 0.4) is 0 Å². The SMILES string of the molecule is COc1cc(C)cc2[nH]c(Cl)nc12. The molecule has 3 nitrogen and oxygen atoms in total. The highest BCUT2D eigenvalue weighted by atomic mass is 35.5. The molecule has 0 fully saturated rings. The summed E-state index contributed by atoms with van der Waals surface area (Å²) in [5.41, 5.74) is 2.80. The van der Waals surface area contributed by atoms with Crippen molar-refractivity contribution in [3.05, 3.63) is 23.0 Å². The predicted molar refractivity (Wildman–Crippen MR) is 52.4 cm³/mol. The minimum absolute atomic E-state index is 0.388. The monoisotopic (exact) mass is 196 g/mol. The molecule has 0 radical (unpaired) electrons. The zero-order valence-electron chi connectivity index (χ0n) is 7.39. The lowest BCUT2D eigenvalue weighted by Gasteiger charge is -2.01. The Balaban J connectivity index is 2.80. The summed E-state index contributed by atoms with van der Waals surface area (Å²) in [6.45, 7) is 2.00. The molecular weight excluding hydrogens is 188 g/mol. The molecule has 0 amide bonds. The van der Waals surface area contributed by atoms with Gasteiger partial charge in [0.1, 0.15) is 11.3 Å². The van der Waals surface area contributed by atoms with Crippen molar-refractivity contribution in [1.82, 2.24) is 9.97 Å². The van der Waals surface area contributed by atoms with Crippen molar-refractivity contribution < 1.29 is 4.74 Å². The van der Waals surface area contributed by atoms with Crippen molar-refractivity contribution in [3.8, 4) is 5.75 Å². The third-order valence-electron chi connectivity index (χ3n) is 1.89. The zero-order chi connectivity index (χ0) is 9.42. The van der Waals surface area contributed by atoms with Crippen LogP contribution >= 0.6 is 11.6 Å². The van der Waals surface area contributed by atoms with Gasteiger partial charge in [0.15, 0.2) is 0 Å². The summed E-state index contributed by atoms with van der Waals surface area (Å²) in [5.74, 6) is 0.748. The highest BCUT2D eigenvalue weighted by Crippen LogP contribution is 2.26. The minimum atomic E-state index is 0.388. The van der Waals surface area contributed by atoms with E-state index in [0.717, 1.165) is 22.3 Å². The van der Waals surface area contributed by atoms with Gasteiger partial charge < -0.3 is 9.72 Å². The van der Waals surface area contributed by atoms with Crippen LogP contribution in [0, 0.1) is 6.92 Å². The molecule has 1 heterocycles. The van der Waals surface area contributed by atoms with Gasteiger partial charge in [-0.1, -0.05) is 0 Å². The van der Waals surface area contributed by atoms with Crippen molar-refractivity contribution in [2.75, 3.05) is 7.11 Å². The second-order valence-corrected chi connectivity index (χ2v) is 3.25. The molecule has 0 aliphatic rings. The summed E-state index contributed by atoms with van der Waals surface area (Å²) < 4.78 is 5.18. The molecule has 1 aromatic heterocycles. The molecule has 0 aliphatic heterocycles. The van der Waals surface area contributed by atoms with Gasteiger partial charge in [-0.05, 0) is 36.2 Å². The van der Waals surface area contributed by atoms with E-state index in [2.05, 4.69) is 9.97 Å². The molecule has 0 atom stereocenters. The van der Waals surface area contributed by atoms with Crippen LogP contribution in [0.4, 0.5) is 0 Å². The summed E-state index contributed by atoms with van der Waals surface area (Å²) in [7, 11) is 1.62. The van der Waals surface area contributed by atoms with Crippen molar-refractivity contribution in [3.63, 3.8) is 0 Å². The Morgan fingerprint density at radius 3 is 2.92 bits per heavy atom. The number of imidazole rings is 1. The second kappa shape index (κ2) is 2.92. The molecule has 0 saturated heterocycles. The van der Waals surface area contributed by atoms with Crippen molar-refractivity contribution in [2.24, 2.45) is 0 Å². The first-order valence-electron chi connectivity index (χ1n) is 3.90. The topological polar surface area (TPSA) is 37.9 Å². The Hall–Kier alpha value is -1.22. The molecular formula is C9H9ClN2O. The molecule has 0 bridgehead atoms. The normalized spacial score (nSPS) is 10.7.